The van der Waals surface area contributed by atoms with Crippen molar-refractivity contribution in [2.45, 2.75) is 31.9 Å². The normalized spacial score (nSPS) is 15.1. The summed E-state index contributed by atoms with van der Waals surface area (Å²) in [6, 6.07) is 14.7. The van der Waals surface area contributed by atoms with Crippen molar-refractivity contribution in [2.24, 2.45) is 0 Å². The summed E-state index contributed by atoms with van der Waals surface area (Å²) >= 11 is 0. The first-order valence-electron chi connectivity index (χ1n) is 10.8. The summed E-state index contributed by atoms with van der Waals surface area (Å²) in [5.74, 6) is -1.90. The Balaban J connectivity index is 1.67. The molecule has 11 heteroatoms. The molecule has 0 aromatic heterocycles. The van der Waals surface area contributed by atoms with Crippen LogP contribution in [0.15, 0.2) is 54.6 Å². The van der Waals surface area contributed by atoms with Crippen LogP contribution in [-0.4, -0.2) is 36.9 Å². The quantitative estimate of drug-likeness (QED) is 0.231. The molecule has 0 spiro atoms. The largest absolute Gasteiger partial charge is 0.525 e. The molecular formula is C25H20F3NO6S. The van der Waals surface area contributed by atoms with E-state index in [-0.39, 0.29) is 27.7 Å². The van der Waals surface area contributed by atoms with E-state index in [1.807, 2.05) is 44.2 Å². The number of rotatable bonds is 7. The maximum Gasteiger partial charge on any atom is 0.525 e. The molecule has 7 nitrogen and oxygen atoms in total. The van der Waals surface area contributed by atoms with Crippen LogP contribution < -0.4 is 4.74 Å². The molecule has 0 radical (unpaired) electrons. The number of carbonyl (C=O) groups is 2. The minimum absolute atomic E-state index is 0.0874. The molecule has 36 heavy (non-hydrogen) atoms. The van der Waals surface area contributed by atoms with Gasteiger partial charge in [-0.3, -0.25) is 9.59 Å². The van der Waals surface area contributed by atoms with Crippen LogP contribution in [0.3, 0.4) is 0 Å². The Morgan fingerprint density at radius 1 is 0.944 bits per heavy atom. The molecule has 2 amide bonds. The maximum atomic E-state index is 12.8. The Bertz CT molecular complexity index is 1460. The molecule has 1 atom stereocenters. The molecule has 1 aliphatic rings. The van der Waals surface area contributed by atoms with Crippen molar-refractivity contribution < 1.29 is 40.2 Å². The molecule has 0 fully saturated rings. The second kappa shape index (κ2) is 9.40. The number of alkyl halides is 3. The summed E-state index contributed by atoms with van der Waals surface area (Å²) in [6.07, 6.45) is 4.54. The highest BCUT2D eigenvalue weighted by Gasteiger charge is 2.51. The molecule has 4 rings (SSSR count). The van der Waals surface area contributed by atoms with Gasteiger partial charge in [-0.15, -0.1) is 9.35 Å². The fourth-order valence-corrected chi connectivity index (χ4v) is 4.03. The van der Waals surface area contributed by atoms with Gasteiger partial charge in [0.25, 0.3) is 11.8 Å². The molecule has 1 heterocycles. The van der Waals surface area contributed by atoms with Gasteiger partial charge in [-0.1, -0.05) is 49.4 Å². The topological polar surface area (TPSA) is 90.0 Å². The SMILES string of the molecule is CCC(C)Oc1ccc(/C=C/c2ccc3c4c(cccc24)C(=O)N(OS(=O)(=O)C(F)(F)F)C3=O)cc1. The molecule has 3 aromatic rings. The number of imide groups is 1. The van der Waals surface area contributed by atoms with Crippen molar-refractivity contribution in [2.75, 3.05) is 0 Å². The summed E-state index contributed by atoms with van der Waals surface area (Å²) in [6.45, 7) is 4.00. The van der Waals surface area contributed by atoms with Crippen LogP contribution in [-0.2, 0) is 14.4 Å². The van der Waals surface area contributed by atoms with Gasteiger partial charge in [-0.05, 0) is 54.1 Å². The lowest BCUT2D eigenvalue weighted by molar-refractivity contribution is -0.0761. The number of hydrogen-bond acceptors (Lipinski definition) is 6. The number of carbonyl (C=O) groups excluding carboxylic acids is 2. The summed E-state index contributed by atoms with van der Waals surface area (Å²) in [7, 11) is -6.23. The van der Waals surface area contributed by atoms with Gasteiger partial charge in [0.1, 0.15) is 5.75 Å². The highest BCUT2D eigenvalue weighted by Crippen LogP contribution is 2.35. The van der Waals surface area contributed by atoms with Gasteiger partial charge in [0.05, 0.1) is 17.2 Å². The van der Waals surface area contributed by atoms with Crippen molar-refractivity contribution in [1.29, 1.82) is 0 Å². The van der Waals surface area contributed by atoms with E-state index in [9.17, 15) is 31.2 Å². The van der Waals surface area contributed by atoms with E-state index in [0.29, 0.717) is 10.9 Å². The zero-order chi connectivity index (χ0) is 26.3. The van der Waals surface area contributed by atoms with Crippen LogP contribution in [0.5, 0.6) is 5.75 Å². The highest BCUT2D eigenvalue weighted by atomic mass is 32.2. The number of ether oxygens (including phenoxy) is 1. The lowest BCUT2D eigenvalue weighted by atomic mass is 9.92. The van der Waals surface area contributed by atoms with Gasteiger partial charge in [-0.25, -0.2) is 0 Å². The monoisotopic (exact) mass is 519 g/mol. The molecule has 1 aliphatic heterocycles. The van der Waals surface area contributed by atoms with Crippen LogP contribution in [0.2, 0.25) is 0 Å². The number of halogens is 3. The molecule has 1 unspecified atom stereocenters. The number of hydrogen-bond donors (Lipinski definition) is 0. The molecule has 0 bridgehead atoms. The second-order valence-electron chi connectivity index (χ2n) is 8.05. The van der Waals surface area contributed by atoms with E-state index in [1.165, 1.54) is 18.2 Å². The van der Waals surface area contributed by atoms with Gasteiger partial charge in [0, 0.05) is 5.39 Å². The van der Waals surface area contributed by atoms with Crippen LogP contribution in [0.25, 0.3) is 22.9 Å². The van der Waals surface area contributed by atoms with Gasteiger partial charge in [-0.2, -0.15) is 21.6 Å². The predicted molar refractivity (Wildman–Crippen MR) is 126 cm³/mol. The average Bonchev–Trinajstić information content (AvgIpc) is 2.84. The van der Waals surface area contributed by atoms with Crippen molar-refractivity contribution in [3.05, 3.63) is 76.9 Å². The Labute approximate surface area is 204 Å². The molecule has 3 aromatic carbocycles. The third kappa shape index (κ3) is 4.71. The summed E-state index contributed by atoms with van der Waals surface area (Å²) < 4.78 is 70.8. The maximum absolute atomic E-state index is 12.8. The molecule has 0 N–H and O–H groups in total. The first-order valence-corrected chi connectivity index (χ1v) is 12.2. The van der Waals surface area contributed by atoms with Gasteiger partial charge in [0.2, 0.25) is 0 Å². The van der Waals surface area contributed by atoms with Gasteiger partial charge in [0.15, 0.2) is 0 Å². The standard InChI is InChI=1S/C25H20F3NO6S/c1-3-15(2)34-18-12-8-16(9-13-18)7-10-17-11-14-21-22-19(17)5-4-6-20(22)23(30)29(24(21)31)35-36(32,33)25(26,27)28/h4-15H,3H2,1-2H3/b10-7+. The van der Waals surface area contributed by atoms with Crippen LogP contribution in [0.1, 0.15) is 52.1 Å². The smallest absolute Gasteiger partial charge is 0.491 e. The number of amides is 2. The Morgan fingerprint density at radius 2 is 1.58 bits per heavy atom. The van der Waals surface area contributed by atoms with Crippen molar-refractivity contribution in [1.82, 2.24) is 5.06 Å². The number of nitrogens with zero attached hydrogens (tertiary/aromatic N) is 1. The zero-order valence-corrected chi connectivity index (χ0v) is 19.9. The van der Waals surface area contributed by atoms with Crippen molar-refractivity contribution in [3.8, 4) is 5.75 Å². The van der Waals surface area contributed by atoms with Crippen molar-refractivity contribution >= 4 is 44.9 Å². The third-order valence-electron chi connectivity index (χ3n) is 5.61. The number of benzene rings is 3. The first-order chi connectivity index (χ1) is 16.9. The van der Waals surface area contributed by atoms with E-state index < -0.39 is 27.4 Å². The summed E-state index contributed by atoms with van der Waals surface area (Å²) in [5.41, 5.74) is -4.65. The van der Waals surface area contributed by atoms with E-state index in [4.69, 9.17) is 4.74 Å². The van der Waals surface area contributed by atoms with E-state index in [1.54, 1.807) is 18.2 Å². The fraction of sp³-hybridized carbons (Fsp3) is 0.200. The minimum atomic E-state index is -6.23. The fourth-order valence-electron chi connectivity index (χ4n) is 3.61. The number of hydroxylamine groups is 2. The van der Waals surface area contributed by atoms with Crippen LogP contribution >= 0.6 is 0 Å². The van der Waals surface area contributed by atoms with E-state index in [0.717, 1.165) is 17.7 Å². The summed E-state index contributed by atoms with van der Waals surface area (Å²) in [4.78, 5) is 25.5. The van der Waals surface area contributed by atoms with Gasteiger partial charge >= 0.3 is 15.6 Å². The van der Waals surface area contributed by atoms with Crippen molar-refractivity contribution in [3.63, 3.8) is 0 Å². The van der Waals surface area contributed by atoms with Crippen LogP contribution in [0, 0.1) is 0 Å². The molecule has 0 saturated carbocycles. The molecule has 0 aliphatic carbocycles. The van der Waals surface area contributed by atoms with E-state index in [2.05, 4.69) is 4.28 Å². The Morgan fingerprint density at radius 3 is 2.19 bits per heavy atom. The lowest BCUT2D eigenvalue weighted by Gasteiger charge is -2.26. The highest BCUT2D eigenvalue weighted by molar-refractivity contribution is 7.87. The Hall–Kier alpha value is -3.70. The average molecular weight is 519 g/mol. The predicted octanol–water partition coefficient (Wildman–Crippen LogP) is 5.56. The second-order valence-corrected chi connectivity index (χ2v) is 9.57. The first kappa shape index (κ1) is 25.4. The molecule has 188 valence electrons. The molecular weight excluding hydrogens is 499 g/mol. The Kier molecular flexibility index (Phi) is 6.63. The van der Waals surface area contributed by atoms with E-state index >= 15 is 0 Å². The zero-order valence-electron chi connectivity index (χ0n) is 19.1. The summed E-state index contributed by atoms with van der Waals surface area (Å²) in [5, 5.41) is 0.299. The third-order valence-corrected chi connectivity index (χ3v) is 6.52. The molecule has 0 saturated heterocycles. The van der Waals surface area contributed by atoms with Gasteiger partial charge < -0.3 is 4.74 Å². The lowest BCUT2D eigenvalue weighted by Crippen LogP contribution is -2.44. The minimum Gasteiger partial charge on any atom is -0.491 e. The van der Waals surface area contributed by atoms with Crippen LogP contribution in [0.4, 0.5) is 13.2 Å².